The number of carbonyl (C=O) groups is 1. The Hall–Kier alpha value is -0.980. The van der Waals surface area contributed by atoms with Crippen molar-refractivity contribution in [1.82, 2.24) is 4.90 Å². The van der Waals surface area contributed by atoms with Gasteiger partial charge >= 0.3 is 6.18 Å². The highest BCUT2D eigenvalue weighted by Gasteiger charge is 2.33. The molecule has 1 amide bonds. The van der Waals surface area contributed by atoms with Crippen LogP contribution >= 0.6 is 15.9 Å². The summed E-state index contributed by atoms with van der Waals surface area (Å²) in [5, 5.41) is 0.734. The van der Waals surface area contributed by atoms with E-state index in [0.29, 0.717) is 12.2 Å². The van der Waals surface area contributed by atoms with Crippen molar-refractivity contribution in [2.75, 3.05) is 11.9 Å². The smallest absolute Gasteiger partial charge is 0.406 e. The van der Waals surface area contributed by atoms with E-state index in [1.165, 1.54) is 6.26 Å². The molecular formula is C12H15BrF3NO2. The summed E-state index contributed by atoms with van der Waals surface area (Å²) in [7, 11) is 0. The van der Waals surface area contributed by atoms with Crippen molar-refractivity contribution in [3.63, 3.8) is 0 Å². The number of unbranched alkanes of at least 4 members (excludes halogenated alkanes) is 1. The van der Waals surface area contributed by atoms with Crippen LogP contribution in [0.3, 0.4) is 0 Å². The van der Waals surface area contributed by atoms with Gasteiger partial charge in [0.25, 0.3) is 0 Å². The third-order valence-electron chi connectivity index (χ3n) is 2.42. The minimum Gasteiger partial charge on any atom is -0.467 e. The molecule has 7 heteroatoms. The Bertz CT molecular complexity index is 379. The van der Waals surface area contributed by atoms with E-state index in [0.717, 1.165) is 16.7 Å². The van der Waals surface area contributed by atoms with Gasteiger partial charge in [0.2, 0.25) is 5.91 Å². The Kier molecular flexibility index (Phi) is 6.41. The van der Waals surface area contributed by atoms with Gasteiger partial charge in [0.15, 0.2) is 0 Å². The van der Waals surface area contributed by atoms with Gasteiger partial charge in [0, 0.05) is 11.8 Å². The SMILES string of the molecule is O=C(CCCCBr)N(Cc1ccco1)CC(F)(F)F. The normalized spacial score (nSPS) is 11.6. The predicted molar refractivity (Wildman–Crippen MR) is 67.8 cm³/mol. The number of nitrogens with zero attached hydrogens (tertiary/aromatic N) is 1. The van der Waals surface area contributed by atoms with Crippen LogP contribution in [-0.2, 0) is 11.3 Å². The van der Waals surface area contributed by atoms with E-state index in [4.69, 9.17) is 4.42 Å². The maximum Gasteiger partial charge on any atom is 0.406 e. The molecule has 0 bridgehead atoms. The molecule has 0 saturated heterocycles. The number of rotatable bonds is 7. The number of carbonyl (C=O) groups excluding carboxylic acids is 1. The van der Waals surface area contributed by atoms with Gasteiger partial charge in [0.05, 0.1) is 12.8 Å². The zero-order valence-electron chi connectivity index (χ0n) is 10.3. The molecule has 0 unspecified atom stereocenters. The molecule has 0 aliphatic carbocycles. The fraction of sp³-hybridized carbons (Fsp3) is 0.583. The van der Waals surface area contributed by atoms with Gasteiger partial charge < -0.3 is 9.32 Å². The largest absolute Gasteiger partial charge is 0.467 e. The molecule has 1 aromatic heterocycles. The summed E-state index contributed by atoms with van der Waals surface area (Å²) >= 11 is 3.21. The van der Waals surface area contributed by atoms with Crippen LogP contribution in [0, 0.1) is 0 Å². The fourth-order valence-electron chi connectivity index (χ4n) is 1.57. The number of amides is 1. The Labute approximate surface area is 117 Å². The lowest BCUT2D eigenvalue weighted by Gasteiger charge is -2.23. The molecule has 1 heterocycles. The highest BCUT2D eigenvalue weighted by Crippen LogP contribution is 2.19. The van der Waals surface area contributed by atoms with Crippen LogP contribution < -0.4 is 0 Å². The molecule has 0 radical (unpaired) electrons. The molecule has 0 fully saturated rings. The second-order valence-electron chi connectivity index (χ2n) is 4.09. The number of furan rings is 1. The van der Waals surface area contributed by atoms with Crippen molar-refractivity contribution in [3.8, 4) is 0 Å². The van der Waals surface area contributed by atoms with Crippen LogP contribution in [0.1, 0.15) is 25.0 Å². The summed E-state index contributed by atoms with van der Waals surface area (Å²) in [6.07, 6.45) is -1.60. The summed E-state index contributed by atoms with van der Waals surface area (Å²) in [4.78, 5) is 12.6. The Balaban J connectivity index is 2.60. The molecule has 0 spiro atoms. The van der Waals surface area contributed by atoms with Crippen molar-refractivity contribution in [2.24, 2.45) is 0 Å². The topological polar surface area (TPSA) is 33.5 Å². The first kappa shape index (κ1) is 16.1. The molecule has 1 rings (SSSR count). The van der Waals surface area contributed by atoms with E-state index in [2.05, 4.69) is 15.9 Å². The second-order valence-corrected chi connectivity index (χ2v) is 4.88. The molecule has 3 nitrogen and oxygen atoms in total. The van der Waals surface area contributed by atoms with Crippen LogP contribution in [0.2, 0.25) is 0 Å². The van der Waals surface area contributed by atoms with Gasteiger partial charge in [-0.15, -0.1) is 0 Å². The van der Waals surface area contributed by atoms with E-state index >= 15 is 0 Å². The summed E-state index contributed by atoms with van der Waals surface area (Å²) in [6, 6.07) is 3.13. The third-order valence-corrected chi connectivity index (χ3v) is 2.98. The maximum absolute atomic E-state index is 12.5. The fourth-order valence-corrected chi connectivity index (χ4v) is 1.96. The van der Waals surface area contributed by atoms with E-state index in [9.17, 15) is 18.0 Å². The van der Waals surface area contributed by atoms with Crippen LogP contribution in [0.25, 0.3) is 0 Å². The monoisotopic (exact) mass is 341 g/mol. The van der Waals surface area contributed by atoms with Gasteiger partial charge in [-0.1, -0.05) is 15.9 Å². The zero-order valence-corrected chi connectivity index (χ0v) is 11.8. The Morgan fingerprint density at radius 3 is 2.63 bits per heavy atom. The number of halogens is 4. The molecule has 1 aromatic rings. The van der Waals surface area contributed by atoms with Crippen molar-refractivity contribution in [2.45, 2.75) is 32.0 Å². The lowest BCUT2D eigenvalue weighted by molar-refractivity contribution is -0.162. The summed E-state index contributed by atoms with van der Waals surface area (Å²) in [5.41, 5.74) is 0. The van der Waals surface area contributed by atoms with E-state index in [-0.39, 0.29) is 13.0 Å². The van der Waals surface area contributed by atoms with Crippen molar-refractivity contribution in [1.29, 1.82) is 0 Å². The first-order valence-electron chi connectivity index (χ1n) is 5.85. The minimum atomic E-state index is -4.41. The van der Waals surface area contributed by atoms with Crippen molar-refractivity contribution in [3.05, 3.63) is 24.2 Å². The van der Waals surface area contributed by atoms with Gasteiger partial charge in [0.1, 0.15) is 12.3 Å². The molecule has 0 saturated carbocycles. The molecule has 0 aliphatic rings. The lowest BCUT2D eigenvalue weighted by atomic mass is 10.2. The zero-order chi connectivity index (χ0) is 14.3. The molecule has 108 valence electrons. The molecular weight excluding hydrogens is 327 g/mol. The molecule has 0 aromatic carbocycles. The Morgan fingerprint density at radius 1 is 1.37 bits per heavy atom. The quantitative estimate of drug-likeness (QED) is 0.559. The first-order valence-corrected chi connectivity index (χ1v) is 6.97. The molecule has 19 heavy (non-hydrogen) atoms. The standard InChI is InChI=1S/C12H15BrF3NO2/c13-6-2-1-5-11(18)17(9-12(14,15)16)8-10-4-3-7-19-10/h3-4,7H,1-2,5-6,8-9H2. The van der Waals surface area contributed by atoms with Crippen molar-refractivity contribution < 1.29 is 22.4 Å². The third kappa shape index (κ3) is 6.66. The second kappa shape index (κ2) is 7.57. The highest BCUT2D eigenvalue weighted by molar-refractivity contribution is 9.09. The van der Waals surface area contributed by atoms with E-state index in [1.54, 1.807) is 12.1 Å². The van der Waals surface area contributed by atoms with Crippen LogP contribution in [0.4, 0.5) is 13.2 Å². The van der Waals surface area contributed by atoms with E-state index in [1.807, 2.05) is 0 Å². The summed E-state index contributed by atoms with van der Waals surface area (Å²) in [5.74, 6) is -0.159. The minimum absolute atomic E-state index is 0.113. The van der Waals surface area contributed by atoms with Gasteiger partial charge in [-0.3, -0.25) is 4.79 Å². The molecule has 0 aliphatic heterocycles. The average Bonchev–Trinajstić information content (AvgIpc) is 2.79. The predicted octanol–water partition coefficient (Wildman–Crippen LogP) is 3.74. The first-order chi connectivity index (χ1) is 8.92. The van der Waals surface area contributed by atoms with Crippen LogP contribution in [0.15, 0.2) is 22.8 Å². The van der Waals surface area contributed by atoms with Gasteiger partial charge in [-0.25, -0.2) is 0 Å². The number of hydrogen-bond acceptors (Lipinski definition) is 2. The van der Waals surface area contributed by atoms with Crippen LogP contribution in [-0.4, -0.2) is 28.9 Å². The lowest BCUT2D eigenvalue weighted by Crippen LogP contribution is -2.38. The average molecular weight is 342 g/mol. The van der Waals surface area contributed by atoms with Gasteiger partial charge in [-0.2, -0.15) is 13.2 Å². The highest BCUT2D eigenvalue weighted by atomic mass is 79.9. The summed E-state index contributed by atoms with van der Waals surface area (Å²) in [6.45, 7) is -1.40. The Morgan fingerprint density at radius 2 is 2.11 bits per heavy atom. The number of hydrogen-bond donors (Lipinski definition) is 0. The summed E-state index contributed by atoms with van der Waals surface area (Å²) < 4.78 is 42.3. The van der Waals surface area contributed by atoms with Gasteiger partial charge in [-0.05, 0) is 25.0 Å². The van der Waals surface area contributed by atoms with Crippen LogP contribution in [0.5, 0.6) is 0 Å². The number of alkyl halides is 4. The van der Waals surface area contributed by atoms with Crippen molar-refractivity contribution >= 4 is 21.8 Å². The van der Waals surface area contributed by atoms with E-state index < -0.39 is 18.6 Å². The molecule has 0 N–H and O–H groups in total. The maximum atomic E-state index is 12.5. The molecule has 0 atom stereocenters.